The Morgan fingerprint density at radius 1 is 1.25 bits per heavy atom. The summed E-state index contributed by atoms with van der Waals surface area (Å²) < 4.78 is 17.4. The minimum Gasteiger partial charge on any atom is -0.381 e. The molecule has 0 radical (unpaired) electrons. The molecule has 0 aliphatic carbocycles. The van der Waals surface area contributed by atoms with Gasteiger partial charge in [0.1, 0.15) is 6.10 Å². The van der Waals surface area contributed by atoms with Gasteiger partial charge in [0.25, 0.3) is 0 Å². The maximum atomic E-state index is 6.06. The van der Waals surface area contributed by atoms with Crippen molar-refractivity contribution in [3.05, 3.63) is 35.4 Å². The van der Waals surface area contributed by atoms with Crippen molar-refractivity contribution in [1.82, 2.24) is 10.2 Å². The van der Waals surface area contributed by atoms with E-state index in [1.54, 1.807) is 0 Å². The fourth-order valence-corrected chi connectivity index (χ4v) is 3.75. The van der Waals surface area contributed by atoms with Crippen LogP contribution in [0.2, 0.25) is 0 Å². The largest absolute Gasteiger partial charge is 0.381 e. The second kappa shape index (κ2) is 11.4. The lowest BCUT2D eigenvalue weighted by Crippen LogP contribution is -2.48. The van der Waals surface area contributed by atoms with Crippen molar-refractivity contribution < 1.29 is 14.2 Å². The molecule has 1 aromatic rings. The average molecular weight is 390 g/mol. The molecule has 1 atom stereocenters. The van der Waals surface area contributed by atoms with Crippen LogP contribution in [-0.4, -0.2) is 69.6 Å². The third kappa shape index (κ3) is 6.19. The average Bonchev–Trinajstić information content (AvgIpc) is 2.74. The third-order valence-electron chi connectivity index (χ3n) is 5.32. The van der Waals surface area contributed by atoms with Gasteiger partial charge in [-0.1, -0.05) is 24.3 Å². The number of hydrogen-bond donors (Lipinski definition) is 1. The Balaban J connectivity index is 1.50. The number of morpholine rings is 1. The maximum Gasteiger partial charge on any atom is 0.194 e. The standard InChI is InChI=1S/C22H35N3O3/c1-3-23-22(24-11-6-13-27-19-9-14-26-15-10-19)25-12-16-28-21(17-25)20-8-5-4-7-18(20)2/h4-5,7-8,19,21H,3,6,9-17H2,1-2H3,(H,23,24). The Morgan fingerprint density at radius 3 is 2.86 bits per heavy atom. The molecule has 0 bridgehead atoms. The van der Waals surface area contributed by atoms with Crippen molar-refractivity contribution in [2.45, 2.75) is 45.3 Å². The summed E-state index contributed by atoms with van der Waals surface area (Å²) in [7, 11) is 0. The highest BCUT2D eigenvalue weighted by Gasteiger charge is 2.25. The molecule has 2 aliphatic heterocycles. The van der Waals surface area contributed by atoms with E-state index < -0.39 is 0 Å². The Hall–Kier alpha value is -1.63. The Kier molecular flexibility index (Phi) is 8.58. The highest BCUT2D eigenvalue weighted by atomic mass is 16.5. The number of nitrogens with zero attached hydrogens (tertiary/aromatic N) is 2. The lowest BCUT2D eigenvalue weighted by molar-refractivity contribution is -0.0318. The first kappa shape index (κ1) is 21.1. The first-order valence-electron chi connectivity index (χ1n) is 10.7. The van der Waals surface area contributed by atoms with Gasteiger partial charge in [0.2, 0.25) is 0 Å². The van der Waals surface area contributed by atoms with E-state index in [9.17, 15) is 0 Å². The normalized spacial score (nSPS) is 21.7. The fraction of sp³-hybridized carbons (Fsp3) is 0.682. The minimum atomic E-state index is 0.0932. The van der Waals surface area contributed by atoms with Crippen LogP contribution in [0.1, 0.15) is 43.4 Å². The Morgan fingerprint density at radius 2 is 2.07 bits per heavy atom. The van der Waals surface area contributed by atoms with Crippen molar-refractivity contribution in [2.24, 2.45) is 4.99 Å². The fourth-order valence-electron chi connectivity index (χ4n) is 3.75. The van der Waals surface area contributed by atoms with E-state index in [0.717, 1.165) is 77.8 Å². The molecule has 156 valence electrons. The second-order valence-corrected chi connectivity index (χ2v) is 7.43. The molecule has 2 fully saturated rings. The van der Waals surface area contributed by atoms with Gasteiger partial charge in [-0.2, -0.15) is 0 Å². The monoisotopic (exact) mass is 389 g/mol. The first-order valence-corrected chi connectivity index (χ1v) is 10.7. The summed E-state index contributed by atoms with van der Waals surface area (Å²) in [6.07, 6.45) is 3.42. The molecule has 1 unspecified atom stereocenters. The molecule has 6 nitrogen and oxygen atoms in total. The van der Waals surface area contributed by atoms with E-state index in [4.69, 9.17) is 19.2 Å². The van der Waals surface area contributed by atoms with Crippen LogP contribution < -0.4 is 5.32 Å². The first-order chi connectivity index (χ1) is 13.8. The van der Waals surface area contributed by atoms with Crippen LogP contribution in [0.15, 0.2) is 29.3 Å². The van der Waals surface area contributed by atoms with E-state index in [0.29, 0.717) is 6.10 Å². The van der Waals surface area contributed by atoms with Crippen molar-refractivity contribution in [2.75, 3.05) is 52.6 Å². The van der Waals surface area contributed by atoms with Gasteiger partial charge in [-0.05, 0) is 44.2 Å². The minimum absolute atomic E-state index is 0.0932. The Labute approximate surface area is 169 Å². The molecule has 6 heteroatoms. The zero-order chi connectivity index (χ0) is 19.6. The Bertz CT molecular complexity index is 617. The molecule has 2 saturated heterocycles. The highest BCUT2D eigenvalue weighted by molar-refractivity contribution is 5.80. The van der Waals surface area contributed by atoms with E-state index in [-0.39, 0.29) is 6.10 Å². The van der Waals surface area contributed by atoms with E-state index in [1.807, 2.05) is 0 Å². The molecule has 2 aliphatic rings. The molecule has 0 aromatic heterocycles. The van der Waals surface area contributed by atoms with E-state index in [2.05, 4.69) is 48.3 Å². The van der Waals surface area contributed by atoms with Crippen LogP contribution >= 0.6 is 0 Å². The number of hydrogen-bond acceptors (Lipinski definition) is 4. The van der Waals surface area contributed by atoms with Crippen molar-refractivity contribution in [3.8, 4) is 0 Å². The quantitative estimate of drug-likeness (QED) is 0.441. The molecule has 0 amide bonds. The van der Waals surface area contributed by atoms with Gasteiger partial charge in [-0.15, -0.1) is 0 Å². The van der Waals surface area contributed by atoms with Gasteiger partial charge < -0.3 is 24.4 Å². The number of guanidine groups is 1. The summed E-state index contributed by atoms with van der Waals surface area (Å²) in [6, 6.07) is 8.48. The van der Waals surface area contributed by atoms with Crippen molar-refractivity contribution in [3.63, 3.8) is 0 Å². The summed E-state index contributed by atoms with van der Waals surface area (Å²) in [4.78, 5) is 7.16. The number of ether oxygens (including phenoxy) is 3. The lowest BCUT2D eigenvalue weighted by atomic mass is 10.0. The van der Waals surface area contributed by atoms with Gasteiger partial charge >= 0.3 is 0 Å². The van der Waals surface area contributed by atoms with Gasteiger partial charge in [-0.3, -0.25) is 4.99 Å². The van der Waals surface area contributed by atoms with Crippen LogP contribution in [0.25, 0.3) is 0 Å². The summed E-state index contributed by atoms with van der Waals surface area (Å²) in [5, 5.41) is 3.44. The summed E-state index contributed by atoms with van der Waals surface area (Å²) in [5.41, 5.74) is 2.55. The van der Waals surface area contributed by atoms with Crippen LogP contribution in [0.5, 0.6) is 0 Å². The lowest BCUT2D eigenvalue weighted by Gasteiger charge is -2.35. The molecule has 2 heterocycles. The summed E-state index contributed by atoms with van der Waals surface area (Å²) >= 11 is 0. The molecule has 1 aromatic carbocycles. The summed E-state index contributed by atoms with van der Waals surface area (Å²) in [5.74, 6) is 0.982. The SMILES string of the molecule is CCNC(=NCCCOC1CCOCC1)N1CCOC(c2ccccc2C)C1. The van der Waals surface area contributed by atoms with Crippen LogP contribution in [0.3, 0.4) is 0 Å². The highest BCUT2D eigenvalue weighted by Crippen LogP contribution is 2.25. The van der Waals surface area contributed by atoms with Crippen LogP contribution in [0, 0.1) is 6.92 Å². The van der Waals surface area contributed by atoms with Crippen molar-refractivity contribution in [1.29, 1.82) is 0 Å². The number of aryl methyl sites for hydroxylation is 1. The maximum absolute atomic E-state index is 6.06. The molecular formula is C22H35N3O3. The van der Waals surface area contributed by atoms with Gasteiger partial charge in [0.05, 0.1) is 19.3 Å². The zero-order valence-electron chi connectivity index (χ0n) is 17.4. The van der Waals surface area contributed by atoms with Gasteiger partial charge in [-0.25, -0.2) is 0 Å². The summed E-state index contributed by atoms with van der Waals surface area (Å²) in [6.45, 7) is 10.7. The molecule has 28 heavy (non-hydrogen) atoms. The van der Waals surface area contributed by atoms with Gasteiger partial charge in [0, 0.05) is 39.5 Å². The zero-order valence-corrected chi connectivity index (χ0v) is 17.4. The van der Waals surface area contributed by atoms with Crippen LogP contribution in [0.4, 0.5) is 0 Å². The molecule has 3 rings (SSSR count). The van der Waals surface area contributed by atoms with E-state index in [1.165, 1.54) is 11.1 Å². The topological polar surface area (TPSA) is 55.3 Å². The van der Waals surface area contributed by atoms with E-state index >= 15 is 0 Å². The molecule has 0 spiro atoms. The van der Waals surface area contributed by atoms with Gasteiger partial charge in [0.15, 0.2) is 5.96 Å². The predicted molar refractivity (Wildman–Crippen MR) is 112 cm³/mol. The predicted octanol–water partition coefficient (Wildman–Crippen LogP) is 2.92. The number of nitrogens with one attached hydrogen (secondary N) is 1. The number of aliphatic imine (C=N–C) groups is 1. The van der Waals surface area contributed by atoms with Crippen LogP contribution in [-0.2, 0) is 14.2 Å². The third-order valence-corrected chi connectivity index (χ3v) is 5.32. The molecule has 1 N–H and O–H groups in total. The number of benzene rings is 1. The number of rotatable bonds is 7. The smallest absolute Gasteiger partial charge is 0.194 e. The molecular weight excluding hydrogens is 354 g/mol. The van der Waals surface area contributed by atoms with Crippen molar-refractivity contribution >= 4 is 5.96 Å². The second-order valence-electron chi connectivity index (χ2n) is 7.43. The molecule has 0 saturated carbocycles.